The molecule has 1 aromatic carbocycles. The molecule has 2 saturated heterocycles. The highest BCUT2D eigenvalue weighted by atomic mass is 16.7. The zero-order valence-corrected chi connectivity index (χ0v) is 28.3. The number of esters is 1. The summed E-state index contributed by atoms with van der Waals surface area (Å²) in [6.07, 6.45) is 16.2. The highest BCUT2D eigenvalue weighted by Crippen LogP contribution is 2.70. The molecule has 248 valence electrons. The first-order valence-electron chi connectivity index (χ1n) is 18.4. The molecule has 0 bridgehead atoms. The van der Waals surface area contributed by atoms with Crippen LogP contribution in [-0.4, -0.2) is 47.9 Å². The molecule has 3 saturated carbocycles. The van der Waals surface area contributed by atoms with Crippen molar-refractivity contribution < 1.29 is 23.8 Å². The SMILES string of the molecule is C[C@@H]1CC[C@@]2(OC1)O[C@H]1C[C@H]3[C@@H]4CC=C5C[C@@H](OC(=O)/C=C\C(=O)N6CCc7ccccc7C6)CC[C@]5(C)[C@H]4CC[C@]3(C)[C@H]1[C@@H]2C. The maximum atomic E-state index is 12.9. The summed E-state index contributed by atoms with van der Waals surface area (Å²) < 4.78 is 19.4. The van der Waals surface area contributed by atoms with E-state index in [0.29, 0.717) is 60.1 Å². The Morgan fingerprint density at radius 3 is 2.63 bits per heavy atom. The Bertz CT molecular complexity index is 1440. The van der Waals surface area contributed by atoms with Crippen LogP contribution in [0.15, 0.2) is 48.1 Å². The Labute approximate surface area is 275 Å². The summed E-state index contributed by atoms with van der Waals surface area (Å²) in [5, 5.41) is 0. The Balaban J connectivity index is 0.898. The summed E-state index contributed by atoms with van der Waals surface area (Å²) >= 11 is 0. The molecule has 0 radical (unpaired) electrons. The summed E-state index contributed by atoms with van der Waals surface area (Å²) in [5.41, 5.74) is 4.48. The second-order valence-electron chi connectivity index (χ2n) is 16.7. The summed E-state index contributed by atoms with van der Waals surface area (Å²) in [6.45, 7) is 11.9. The zero-order chi connectivity index (χ0) is 31.8. The first-order valence-corrected chi connectivity index (χ1v) is 18.4. The number of carbonyl (C=O) groups is 2. The third-order valence-corrected chi connectivity index (χ3v) is 14.4. The first-order chi connectivity index (χ1) is 22.1. The van der Waals surface area contributed by atoms with E-state index in [1.807, 2.05) is 17.0 Å². The van der Waals surface area contributed by atoms with Crippen molar-refractivity contribution in [1.82, 2.24) is 4.90 Å². The molecule has 8 rings (SSSR count). The van der Waals surface area contributed by atoms with E-state index in [0.717, 1.165) is 45.1 Å². The molecular weight excluding hydrogens is 574 g/mol. The van der Waals surface area contributed by atoms with Gasteiger partial charge in [-0.15, -0.1) is 0 Å². The molecule has 6 nitrogen and oxygen atoms in total. The van der Waals surface area contributed by atoms with Crippen LogP contribution in [0.2, 0.25) is 0 Å². The van der Waals surface area contributed by atoms with Gasteiger partial charge in [0.1, 0.15) is 6.10 Å². The third kappa shape index (κ3) is 4.86. The van der Waals surface area contributed by atoms with Crippen molar-refractivity contribution in [2.75, 3.05) is 13.2 Å². The molecule has 11 atom stereocenters. The zero-order valence-electron chi connectivity index (χ0n) is 28.3. The number of hydrogen-bond acceptors (Lipinski definition) is 5. The van der Waals surface area contributed by atoms with Gasteiger partial charge >= 0.3 is 5.97 Å². The molecule has 3 heterocycles. The van der Waals surface area contributed by atoms with Crippen molar-refractivity contribution in [3.63, 3.8) is 0 Å². The van der Waals surface area contributed by atoms with Crippen LogP contribution in [0.3, 0.4) is 0 Å². The lowest BCUT2D eigenvalue weighted by Gasteiger charge is -2.58. The average molecular weight is 628 g/mol. The van der Waals surface area contributed by atoms with Crippen molar-refractivity contribution >= 4 is 11.9 Å². The van der Waals surface area contributed by atoms with E-state index in [2.05, 4.69) is 45.9 Å². The fourth-order valence-electron chi connectivity index (χ4n) is 11.9. The number of rotatable bonds is 3. The normalized spacial score (nSPS) is 44.5. The topological polar surface area (TPSA) is 65.1 Å². The first kappa shape index (κ1) is 30.9. The monoisotopic (exact) mass is 627 g/mol. The van der Waals surface area contributed by atoms with E-state index in [1.165, 1.54) is 54.5 Å². The van der Waals surface area contributed by atoms with Gasteiger partial charge in [0.2, 0.25) is 5.91 Å². The van der Waals surface area contributed by atoms with Crippen LogP contribution < -0.4 is 0 Å². The Hall–Kier alpha value is -2.44. The predicted molar refractivity (Wildman–Crippen MR) is 176 cm³/mol. The van der Waals surface area contributed by atoms with Crippen LogP contribution in [0, 0.1) is 46.3 Å². The van der Waals surface area contributed by atoms with Gasteiger partial charge in [-0.2, -0.15) is 0 Å². The van der Waals surface area contributed by atoms with Crippen molar-refractivity contribution in [2.24, 2.45) is 46.3 Å². The summed E-state index contributed by atoms with van der Waals surface area (Å²) in [6, 6.07) is 8.26. The van der Waals surface area contributed by atoms with E-state index < -0.39 is 5.97 Å². The number of amides is 1. The Kier molecular flexibility index (Phi) is 7.60. The van der Waals surface area contributed by atoms with Gasteiger partial charge in [0, 0.05) is 44.0 Å². The van der Waals surface area contributed by atoms with Crippen LogP contribution >= 0.6 is 0 Å². The van der Waals surface area contributed by atoms with Gasteiger partial charge in [-0.25, -0.2) is 4.79 Å². The quantitative estimate of drug-likeness (QED) is 0.199. The van der Waals surface area contributed by atoms with Crippen LogP contribution in [0.25, 0.3) is 0 Å². The number of nitrogens with zero attached hydrogens (tertiary/aromatic N) is 1. The average Bonchev–Trinajstić information content (AvgIpc) is 3.50. The molecule has 7 aliphatic rings. The van der Waals surface area contributed by atoms with Gasteiger partial charge in [0.15, 0.2) is 5.79 Å². The molecular formula is C40H53NO5. The van der Waals surface area contributed by atoms with Gasteiger partial charge in [-0.3, -0.25) is 4.79 Å². The molecule has 46 heavy (non-hydrogen) atoms. The number of hydrogen-bond donors (Lipinski definition) is 0. The molecule has 0 aromatic heterocycles. The molecule has 6 heteroatoms. The Morgan fingerprint density at radius 1 is 1.00 bits per heavy atom. The van der Waals surface area contributed by atoms with Crippen LogP contribution in [0.1, 0.15) is 96.6 Å². The maximum Gasteiger partial charge on any atom is 0.331 e. The fourth-order valence-corrected chi connectivity index (χ4v) is 11.9. The van der Waals surface area contributed by atoms with Crippen molar-refractivity contribution in [2.45, 2.75) is 116 Å². The highest BCUT2D eigenvalue weighted by molar-refractivity contribution is 5.94. The van der Waals surface area contributed by atoms with Gasteiger partial charge in [0.05, 0.1) is 12.7 Å². The predicted octanol–water partition coefficient (Wildman–Crippen LogP) is 7.41. The van der Waals surface area contributed by atoms with E-state index in [9.17, 15) is 9.59 Å². The maximum absolute atomic E-state index is 12.9. The minimum Gasteiger partial charge on any atom is -0.459 e. The molecule has 1 spiro atoms. The summed E-state index contributed by atoms with van der Waals surface area (Å²) in [5.74, 6) is 2.88. The number of ether oxygens (including phenoxy) is 3. The minimum absolute atomic E-state index is 0.117. The molecule has 1 amide bonds. The molecule has 1 aromatic rings. The standard InChI is InChI=1S/C40H53NO5/c1-25-13-19-40(44-24-25)26(2)37-34(46-40)22-33-31-10-9-29-21-30(14-17-38(29,3)32(31)15-18-39(33,37)4)45-36(43)12-11-35(42)41-20-16-27-7-5-6-8-28(27)23-41/h5-9,11-12,25-26,30-34,37H,10,13-24H2,1-4H3/b12-11-/t25-,26+,30+,31-,32+,33+,34+,37+,38+,39+,40-/m1/s1. The van der Waals surface area contributed by atoms with Gasteiger partial charge in [-0.1, -0.05) is 63.6 Å². The number of fused-ring (bicyclic) bond motifs is 8. The summed E-state index contributed by atoms with van der Waals surface area (Å²) in [7, 11) is 0. The lowest BCUT2D eigenvalue weighted by atomic mass is 9.47. The fraction of sp³-hybridized carbons (Fsp3) is 0.700. The molecule has 3 aliphatic heterocycles. The van der Waals surface area contributed by atoms with Crippen LogP contribution in [0.5, 0.6) is 0 Å². The number of carbonyl (C=O) groups excluding carboxylic acids is 2. The number of benzene rings is 1. The van der Waals surface area contributed by atoms with Gasteiger partial charge in [-0.05, 0) is 103 Å². The second-order valence-corrected chi connectivity index (χ2v) is 16.7. The van der Waals surface area contributed by atoms with Crippen molar-refractivity contribution in [3.8, 4) is 0 Å². The van der Waals surface area contributed by atoms with Crippen LogP contribution in [0.4, 0.5) is 0 Å². The minimum atomic E-state index is -0.400. The lowest BCUT2D eigenvalue weighted by molar-refractivity contribution is -0.272. The Morgan fingerprint density at radius 2 is 1.83 bits per heavy atom. The third-order valence-electron chi connectivity index (χ3n) is 14.4. The highest BCUT2D eigenvalue weighted by Gasteiger charge is 2.68. The van der Waals surface area contributed by atoms with Crippen LogP contribution in [-0.2, 0) is 36.8 Å². The smallest absolute Gasteiger partial charge is 0.331 e. The van der Waals surface area contributed by atoms with Gasteiger partial charge < -0.3 is 19.1 Å². The molecule has 5 fully saturated rings. The van der Waals surface area contributed by atoms with Gasteiger partial charge in [0.25, 0.3) is 0 Å². The van der Waals surface area contributed by atoms with E-state index in [1.54, 1.807) is 0 Å². The van der Waals surface area contributed by atoms with E-state index >= 15 is 0 Å². The van der Waals surface area contributed by atoms with E-state index in [4.69, 9.17) is 14.2 Å². The molecule has 4 aliphatic carbocycles. The molecule has 0 unspecified atom stereocenters. The van der Waals surface area contributed by atoms with E-state index in [-0.39, 0.29) is 23.2 Å². The summed E-state index contributed by atoms with van der Waals surface area (Å²) in [4.78, 5) is 27.5. The van der Waals surface area contributed by atoms with Crippen molar-refractivity contribution in [1.29, 1.82) is 0 Å². The molecule has 0 N–H and O–H groups in total. The second kappa shape index (κ2) is 11.3. The van der Waals surface area contributed by atoms with Crippen molar-refractivity contribution in [3.05, 3.63) is 59.2 Å². The number of allylic oxidation sites excluding steroid dienone is 1. The lowest BCUT2D eigenvalue weighted by Crippen LogP contribution is -2.52. The largest absolute Gasteiger partial charge is 0.459 e.